The highest BCUT2D eigenvalue weighted by atomic mass is 16.5. The van der Waals surface area contributed by atoms with Crippen molar-refractivity contribution in [1.82, 2.24) is 0 Å². The van der Waals surface area contributed by atoms with E-state index in [1.807, 2.05) is 0 Å². The largest absolute Gasteiger partial charge is 0.462 e. The van der Waals surface area contributed by atoms with Crippen LogP contribution in [0.15, 0.2) is 11.6 Å². The molecule has 0 aliphatic heterocycles. The van der Waals surface area contributed by atoms with Crippen molar-refractivity contribution in [3.05, 3.63) is 11.6 Å². The first-order valence-corrected chi connectivity index (χ1v) is 10.8. The van der Waals surface area contributed by atoms with E-state index in [1.54, 1.807) is 0 Å². The number of carbonyl (C=O) groups excluding carboxylic acids is 2. The van der Waals surface area contributed by atoms with Crippen LogP contribution in [0.4, 0.5) is 0 Å². The second kappa shape index (κ2) is 6.72. The van der Waals surface area contributed by atoms with Gasteiger partial charge in [0.05, 0.1) is 6.10 Å². The topological polar surface area (TPSA) is 63.6 Å². The van der Waals surface area contributed by atoms with Gasteiger partial charge in [0.15, 0.2) is 0 Å². The minimum Gasteiger partial charge on any atom is -0.462 e. The van der Waals surface area contributed by atoms with E-state index in [4.69, 9.17) is 4.74 Å². The predicted octanol–water partition coefficient (Wildman–Crippen LogP) is 4.06. The fraction of sp³-hybridized carbons (Fsp3) is 0.826. The molecule has 0 unspecified atom stereocenters. The lowest BCUT2D eigenvalue weighted by molar-refractivity contribution is -0.163. The lowest BCUT2D eigenvalue weighted by Gasteiger charge is -2.61. The highest BCUT2D eigenvalue weighted by Gasteiger charge is 2.61. The van der Waals surface area contributed by atoms with E-state index in [1.165, 1.54) is 18.9 Å². The minimum atomic E-state index is -0.299. The molecule has 0 amide bonds. The maximum absolute atomic E-state index is 12.0. The third-order valence-electron chi connectivity index (χ3n) is 8.88. The van der Waals surface area contributed by atoms with Crippen molar-refractivity contribution in [1.29, 1.82) is 0 Å². The number of allylic oxidation sites excluding steroid dienone is 1. The second-order valence-corrected chi connectivity index (χ2v) is 10.1. The SMILES string of the molecule is CC(=O)OC/C=C1\CC[C@H]2[C@@H]3CC[C@@H]4CC(=O)CC[C@]4(C)[C@H]3[C@@H](O)C[C@]12C. The van der Waals surface area contributed by atoms with Crippen molar-refractivity contribution in [2.45, 2.75) is 78.2 Å². The Morgan fingerprint density at radius 1 is 1.26 bits per heavy atom. The van der Waals surface area contributed by atoms with Crippen LogP contribution in [0.1, 0.15) is 72.1 Å². The summed E-state index contributed by atoms with van der Waals surface area (Å²) in [5.41, 5.74) is 1.51. The molecule has 7 atom stereocenters. The predicted molar refractivity (Wildman–Crippen MR) is 103 cm³/mol. The monoisotopic (exact) mass is 374 g/mol. The molecule has 0 heterocycles. The van der Waals surface area contributed by atoms with Crippen LogP contribution in [0.2, 0.25) is 0 Å². The van der Waals surface area contributed by atoms with E-state index < -0.39 is 0 Å². The normalized spacial score (nSPS) is 47.9. The number of esters is 1. The van der Waals surface area contributed by atoms with Gasteiger partial charge in [0.2, 0.25) is 0 Å². The lowest BCUT2D eigenvalue weighted by Crippen LogP contribution is -2.58. The Hall–Kier alpha value is -1.16. The fourth-order valence-corrected chi connectivity index (χ4v) is 7.61. The summed E-state index contributed by atoms with van der Waals surface area (Å²) < 4.78 is 5.15. The van der Waals surface area contributed by atoms with E-state index >= 15 is 0 Å². The van der Waals surface area contributed by atoms with Gasteiger partial charge in [-0.25, -0.2) is 0 Å². The maximum Gasteiger partial charge on any atom is 0.302 e. The number of ketones is 1. The van der Waals surface area contributed by atoms with Gasteiger partial charge < -0.3 is 9.84 Å². The molecular formula is C23H34O4. The van der Waals surface area contributed by atoms with E-state index in [9.17, 15) is 14.7 Å². The zero-order valence-corrected chi connectivity index (χ0v) is 17.0. The molecule has 0 aromatic heterocycles. The first kappa shape index (κ1) is 19.2. The standard InChI is InChI=1S/C23H34O4/c1-14(24)27-11-9-15-5-7-19-18-6-4-16-12-17(25)8-10-22(16,2)21(18)20(26)13-23(15,19)3/h9,16,18-21,26H,4-8,10-13H2,1-3H3/b15-9+/t16-,18+,19+,20+,21-,22+,23-/m1/s1. The summed E-state index contributed by atoms with van der Waals surface area (Å²) in [6, 6.07) is 0. The summed E-state index contributed by atoms with van der Waals surface area (Å²) in [5.74, 6) is 2.11. The van der Waals surface area contributed by atoms with Crippen LogP contribution in [0.25, 0.3) is 0 Å². The molecule has 4 rings (SSSR count). The van der Waals surface area contributed by atoms with Gasteiger partial charge in [-0.2, -0.15) is 0 Å². The lowest BCUT2D eigenvalue weighted by atomic mass is 9.44. The van der Waals surface area contributed by atoms with E-state index in [0.29, 0.717) is 42.5 Å². The van der Waals surface area contributed by atoms with Gasteiger partial charge in [-0.3, -0.25) is 9.59 Å². The van der Waals surface area contributed by atoms with E-state index in [2.05, 4.69) is 19.9 Å². The van der Waals surface area contributed by atoms with E-state index in [0.717, 1.165) is 38.5 Å². The molecule has 1 N–H and O–H groups in total. The Labute approximate surface area is 162 Å². The van der Waals surface area contributed by atoms with Gasteiger partial charge in [-0.1, -0.05) is 19.4 Å². The van der Waals surface area contributed by atoms with Crippen LogP contribution in [0.3, 0.4) is 0 Å². The summed E-state index contributed by atoms with van der Waals surface area (Å²) in [4.78, 5) is 23.1. The van der Waals surface area contributed by atoms with Gasteiger partial charge in [-0.05, 0) is 79.1 Å². The summed E-state index contributed by atoms with van der Waals surface area (Å²) in [6.07, 6.45) is 9.48. The molecule has 0 aromatic carbocycles. The molecule has 0 bridgehead atoms. The molecule has 27 heavy (non-hydrogen) atoms. The Bertz CT molecular complexity index is 667. The number of hydrogen-bond donors (Lipinski definition) is 1. The number of carbonyl (C=O) groups is 2. The molecular weight excluding hydrogens is 340 g/mol. The van der Waals surface area contributed by atoms with Gasteiger partial charge in [0.1, 0.15) is 12.4 Å². The summed E-state index contributed by atoms with van der Waals surface area (Å²) in [5, 5.41) is 11.3. The zero-order chi connectivity index (χ0) is 19.4. The van der Waals surface area contributed by atoms with Gasteiger partial charge >= 0.3 is 5.97 Å². The van der Waals surface area contributed by atoms with Crippen molar-refractivity contribution in [2.24, 2.45) is 34.5 Å². The highest BCUT2D eigenvalue weighted by molar-refractivity contribution is 5.79. The Morgan fingerprint density at radius 2 is 2.04 bits per heavy atom. The third kappa shape index (κ3) is 2.99. The number of Topliss-reactive ketones (excluding diaryl/α,β-unsaturated/α-hetero) is 1. The number of aliphatic hydroxyl groups excluding tert-OH is 1. The first-order chi connectivity index (χ1) is 12.8. The Kier molecular flexibility index (Phi) is 4.77. The smallest absolute Gasteiger partial charge is 0.302 e. The first-order valence-electron chi connectivity index (χ1n) is 10.8. The quantitative estimate of drug-likeness (QED) is 0.585. The van der Waals surface area contributed by atoms with E-state index in [-0.39, 0.29) is 22.9 Å². The van der Waals surface area contributed by atoms with Crippen molar-refractivity contribution in [2.75, 3.05) is 6.61 Å². The minimum absolute atomic E-state index is 0.0222. The average molecular weight is 375 g/mol. The molecule has 4 aliphatic rings. The van der Waals surface area contributed by atoms with Crippen molar-refractivity contribution >= 4 is 11.8 Å². The number of rotatable bonds is 2. The number of ether oxygens (including phenoxy) is 1. The summed E-state index contributed by atoms with van der Waals surface area (Å²) in [6.45, 7) is 6.47. The molecule has 0 radical (unpaired) electrons. The molecule has 150 valence electrons. The number of fused-ring (bicyclic) bond motifs is 5. The van der Waals surface area contributed by atoms with Crippen LogP contribution in [-0.4, -0.2) is 29.6 Å². The summed E-state index contributed by atoms with van der Waals surface area (Å²) in [7, 11) is 0. The molecule has 0 saturated heterocycles. The third-order valence-corrected chi connectivity index (χ3v) is 8.88. The van der Waals surface area contributed by atoms with Crippen molar-refractivity contribution < 1.29 is 19.4 Å². The average Bonchev–Trinajstić information content (AvgIpc) is 2.91. The van der Waals surface area contributed by atoms with Crippen LogP contribution >= 0.6 is 0 Å². The van der Waals surface area contributed by atoms with Gasteiger partial charge in [0.25, 0.3) is 0 Å². The van der Waals surface area contributed by atoms with Crippen LogP contribution < -0.4 is 0 Å². The van der Waals surface area contributed by atoms with Crippen molar-refractivity contribution in [3.8, 4) is 0 Å². The van der Waals surface area contributed by atoms with Gasteiger partial charge in [0, 0.05) is 19.8 Å². The van der Waals surface area contributed by atoms with Crippen molar-refractivity contribution in [3.63, 3.8) is 0 Å². The number of hydrogen-bond acceptors (Lipinski definition) is 4. The Morgan fingerprint density at radius 3 is 2.78 bits per heavy atom. The maximum atomic E-state index is 12.0. The molecule has 0 aromatic rings. The summed E-state index contributed by atoms with van der Waals surface area (Å²) >= 11 is 0. The zero-order valence-electron chi connectivity index (χ0n) is 17.0. The highest BCUT2D eigenvalue weighted by Crippen LogP contribution is 2.67. The molecule has 4 saturated carbocycles. The second-order valence-electron chi connectivity index (χ2n) is 10.1. The van der Waals surface area contributed by atoms with Crippen LogP contribution in [0.5, 0.6) is 0 Å². The molecule has 4 fully saturated rings. The number of aliphatic hydroxyl groups is 1. The molecule has 4 nitrogen and oxygen atoms in total. The fourth-order valence-electron chi connectivity index (χ4n) is 7.61. The van der Waals surface area contributed by atoms with Gasteiger partial charge in [-0.15, -0.1) is 0 Å². The van der Waals surface area contributed by atoms with Crippen LogP contribution in [-0.2, 0) is 14.3 Å². The molecule has 4 aliphatic carbocycles. The Balaban J connectivity index is 1.59. The molecule has 0 spiro atoms. The molecule has 4 heteroatoms. The van der Waals surface area contributed by atoms with Crippen LogP contribution in [0, 0.1) is 34.5 Å².